The fourth-order valence-electron chi connectivity index (χ4n) is 3.71. The molecule has 0 bridgehead atoms. The number of carbonyl (C=O) groups excluding carboxylic acids is 1. The van der Waals surface area contributed by atoms with Crippen molar-refractivity contribution in [2.45, 2.75) is 46.2 Å². The Bertz CT molecular complexity index is 1130. The predicted molar refractivity (Wildman–Crippen MR) is 121 cm³/mol. The van der Waals surface area contributed by atoms with Gasteiger partial charge in [-0.15, -0.1) is 16.4 Å². The normalized spacial score (nSPS) is 17.6. The number of carbonyl (C=O) groups is 1. The predicted octanol–water partition coefficient (Wildman–Crippen LogP) is 3.83. The number of aromatic nitrogens is 4. The van der Waals surface area contributed by atoms with Crippen LogP contribution in [0.5, 0.6) is 5.75 Å². The van der Waals surface area contributed by atoms with Crippen molar-refractivity contribution in [1.82, 2.24) is 25.3 Å². The van der Waals surface area contributed by atoms with Crippen LogP contribution in [0.2, 0.25) is 0 Å². The molecule has 1 aromatic carbocycles. The highest BCUT2D eigenvalue weighted by molar-refractivity contribution is 7.17. The van der Waals surface area contributed by atoms with E-state index in [2.05, 4.69) is 40.5 Å². The van der Waals surface area contributed by atoms with E-state index in [0.717, 1.165) is 30.0 Å². The summed E-state index contributed by atoms with van der Waals surface area (Å²) >= 11 is 1.35. The molecule has 1 saturated carbocycles. The van der Waals surface area contributed by atoms with E-state index in [1.807, 2.05) is 23.9 Å². The lowest BCUT2D eigenvalue weighted by Gasteiger charge is -2.35. The van der Waals surface area contributed by atoms with Gasteiger partial charge in [0.05, 0.1) is 24.1 Å². The van der Waals surface area contributed by atoms with Crippen LogP contribution < -0.4 is 10.1 Å². The van der Waals surface area contributed by atoms with Crippen molar-refractivity contribution in [2.75, 3.05) is 6.61 Å². The number of hydrogen-bond acceptors (Lipinski definition) is 7. The lowest BCUT2D eigenvalue weighted by Crippen LogP contribution is -2.45. The number of amides is 1. The molecule has 0 atom stereocenters. The third-order valence-corrected chi connectivity index (χ3v) is 6.62. The molecule has 0 radical (unpaired) electrons. The van der Waals surface area contributed by atoms with Gasteiger partial charge in [0.15, 0.2) is 0 Å². The van der Waals surface area contributed by atoms with Gasteiger partial charge in [-0.25, -0.2) is 4.98 Å². The van der Waals surface area contributed by atoms with E-state index in [1.54, 1.807) is 18.3 Å². The zero-order valence-electron chi connectivity index (χ0n) is 18.4. The second kappa shape index (κ2) is 9.49. The third kappa shape index (κ3) is 4.97. The largest absolute Gasteiger partial charge is 0.492 e. The van der Waals surface area contributed by atoms with E-state index in [1.165, 1.54) is 11.3 Å². The van der Waals surface area contributed by atoms with Crippen molar-refractivity contribution < 1.29 is 9.53 Å². The van der Waals surface area contributed by atoms with Gasteiger partial charge in [-0.1, -0.05) is 19.1 Å². The summed E-state index contributed by atoms with van der Waals surface area (Å²) in [6.07, 6.45) is 5.39. The van der Waals surface area contributed by atoms with Crippen LogP contribution in [-0.2, 0) is 6.54 Å². The molecule has 2 heterocycles. The van der Waals surface area contributed by atoms with E-state index >= 15 is 0 Å². The van der Waals surface area contributed by atoms with Gasteiger partial charge in [0.1, 0.15) is 21.7 Å². The molecule has 4 rings (SSSR count). The van der Waals surface area contributed by atoms with Gasteiger partial charge in [0.25, 0.3) is 5.91 Å². The number of aryl methyl sites for hydroxylation is 1. The SMILES string of the molecule is Cc1nc(-c2ccc(OCC(C)C)c(C#N)c2)sc1C(=O)NC1CC(Cn2ccnn2)C1. The average Bonchev–Trinajstić information content (AvgIpc) is 3.40. The summed E-state index contributed by atoms with van der Waals surface area (Å²) in [6, 6.07) is 7.83. The Labute approximate surface area is 191 Å². The summed E-state index contributed by atoms with van der Waals surface area (Å²) in [5.74, 6) is 1.35. The quantitative estimate of drug-likeness (QED) is 0.559. The standard InChI is InChI=1S/C23H26N6O2S/c1-14(2)13-31-20-5-4-17(10-18(20)11-24)23-26-15(3)21(32-23)22(30)27-19-8-16(9-19)12-29-7-6-25-28-29/h4-7,10,14,16,19H,8-9,12-13H2,1-3H3,(H,27,30). The zero-order valence-corrected chi connectivity index (χ0v) is 19.2. The van der Waals surface area contributed by atoms with E-state index in [0.29, 0.717) is 40.3 Å². The molecule has 1 N–H and O–H groups in total. The van der Waals surface area contributed by atoms with Crippen LogP contribution in [0.25, 0.3) is 10.6 Å². The van der Waals surface area contributed by atoms with Crippen LogP contribution in [0.4, 0.5) is 0 Å². The number of benzene rings is 1. The first-order chi connectivity index (χ1) is 15.4. The van der Waals surface area contributed by atoms with Gasteiger partial charge in [0.2, 0.25) is 0 Å². The van der Waals surface area contributed by atoms with Crippen molar-refractivity contribution in [3.8, 4) is 22.4 Å². The monoisotopic (exact) mass is 450 g/mol. The minimum atomic E-state index is -0.0900. The molecule has 166 valence electrons. The Kier molecular flexibility index (Phi) is 6.51. The van der Waals surface area contributed by atoms with Crippen molar-refractivity contribution in [3.05, 3.63) is 46.7 Å². The molecule has 2 aromatic heterocycles. The fourth-order valence-corrected chi connectivity index (χ4v) is 4.68. The molecule has 8 nitrogen and oxygen atoms in total. The topological polar surface area (TPSA) is 106 Å². The molecular weight excluding hydrogens is 424 g/mol. The lowest BCUT2D eigenvalue weighted by atomic mass is 9.80. The summed E-state index contributed by atoms with van der Waals surface area (Å²) in [7, 11) is 0. The zero-order chi connectivity index (χ0) is 22.7. The number of hydrogen-bond donors (Lipinski definition) is 1. The number of nitrogens with one attached hydrogen (secondary N) is 1. The number of nitrogens with zero attached hydrogens (tertiary/aromatic N) is 5. The minimum absolute atomic E-state index is 0.0900. The maximum atomic E-state index is 12.8. The molecule has 0 aliphatic heterocycles. The second-order valence-corrected chi connectivity index (χ2v) is 9.59. The molecule has 1 aliphatic rings. The Morgan fingerprint density at radius 1 is 1.41 bits per heavy atom. The van der Waals surface area contributed by atoms with Crippen molar-refractivity contribution in [3.63, 3.8) is 0 Å². The maximum Gasteiger partial charge on any atom is 0.263 e. The number of nitriles is 1. The fraction of sp³-hybridized carbons (Fsp3) is 0.435. The highest BCUT2D eigenvalue weighted by atomic mass is 32.1. The average molecular weight is 451 g/mol. The Morgan fingerprint density at radius 3 is 2.91 bits per heavy atom. The van der Waals surface area contributed by atoms with Crippen LogP contribution in [-0.4, -0.2) is 38.5 Å². The van der Waals surface area contributed by atoms with E-state index < -0.39 is 0 Å². The van der Waals surface area contributed by atoms with Crippen molar-refractivity contribution in [1.29, 1.82) is 5.26 Å². The van der Waals surface area contributed by atoms with Gasteiger partial charge in [-0.2, -0.15) is 5.26 Å². The molecule has 1 fully saturated rings. The molecule has 32 heavy (non-hydrogen) atoms. The molecule has 1 aliphatic carbocycles. The molecule has 3 aromatic rings. The first-order valence-electron chi connectivity index (χ1n) is 10.7. The maximum absolute atomic E-state index is 12.8. The summed E-state index contributed by atoms with van der Waals surface area (Å²) in [5, 5.41) is 21.2. The van der Waals surface area contributed by atoms with E-state index in [4.69, 9.17) is 4.74 Å². The van der Waals surface area contributed by atoms with E-state index in [-0.39, 0.29) is 11.9 Å². The first-order valence-corrected chi connectivity index (χ1v) is 11.5. The smallest absolute Gasteiger partial charge is 0.263 e. The van der Waals surface area contributed by atoms with Gasteiger partial charge in [0, 0.05) is 24.3 Å². The Morgan fingerprint density at radius 2 is 2.22 bits per heavy atom. The summed E-state index contributed by atoms with van der Waals surface area (Å²) < 4.78 is 7.57. The van der Waals surface area contributed by atoms with Gasteiger partial charge < -0.3 is 10.1 Å². The Hall–Kier alpha value is -3.25. The molecule has 0 spiro atoms. The Balaban J connectivity index is 1.39. The number of rotatable bonds is 8. The minimum Gasteiger partial charge on any atom is -0.492 e. The van der Waals surface area contributed by atoms with Crippen LogP contribution >= 0.6 is 11.3 Å². The first kappa shape index (κ1) is 22.0. The second-order valence-electron chi connectivity index (χ2n) is 8.59. The van der Waals surface area contributed by atoms with Gasteiger partial charge >= 0.3 is 0 Å². The van der Waals surface area contributed by atoms with Crippen molar-refractivity contribution >= 4 is 17.2 Å². The highest BCUT2D eigenvalue weighted by Crippen LogP contribution is 2.33. The van der Waals surface area contributed by atoms with Crippen LogP contribution in [0, 0.1) is 30.1 Å². The molecule has 0 unspecified atom stereocenters. The molecule has 1 amide bonds. The van der Waals surface area contributed by atoms with Gasteiger partial charge in [-0.05, 0) is 49.8 Å². The van der Waals surface area contributed by atoms with Crippen molar-refractivity contribution in [2.24, 2.45) is 11.8 Å². The number of ether oxygens (including phenoxy) is 1. The van der Waals surface area contributed by atoms with Crippen LogP contribution in [0.15, 0.2) is 30.6 Å². The highest BCUT2D eigenvalue weighted by Gasteiger charge is 2.31. The summed E-state index contributed by atoms with van der Waals surface area (Å²) in [4.78, 5) is 18.0. The number of thiazole rings is 1. The molecule has 9 heteroatoms. The third-order valence-electron chi connectivity index (χ3n) is 5.41. The lowest BCUT2D eigenvalue weighted by molar-refractivity contribution is 0.0882. The van der Waals surface area contributed by atoms with Crippen LogP contribution in [0.3, 0.4) is 0 Å². The van der Waals surface area contributed by atoms with Crippen LogP contribution in [0.1, 0.15) is 47.6 Å². The molecule has 0 saturated heterocycles. The summed E-state index contributed by atoms with van der Waals surface area (Å²) in [5.41, 5.74) is 1.97. The van der Waals surface area contributed by atoms with E-state index in [9.17, 15) is 10.1 Å². The van der Waals surface area contributed by atoms with Gasteiger partial charge in [-0.3, -0.25) is 9.48 Å². The summed E-state index contributed by atoms with van der Waals surface area (Å²) in [6.45, 7) is 7.34. The molecular formula is C23H26N6O2S.